The van der Waals surface area contributed by atoms with E-state index in [1.807, 2.05) is 0 Å². The van der Waals surface area contributed by atoms with Crippen molar-refractivity contribution in [3.63, 3.8) is 0 Å². The minimum Gasteiger partial charge on any atom is -0.227 e. The van der Waals surface area contributed by atoms with Crippen molar-refractivity contribution in [2.45, 2.75) is 75.0 Å². The maximum absolute atomic E-state index is 5.28. The Balaban J connectivity index is 0.865. The van der Waals surface area contributed by atoms with E-state index in [0.717, 1.165) is 32.9 Å². The molecule has 61 heavy (non-hydrogen) atoms. The topological polar surface area (TPSA) is 25.8 Å². The summed E-state index contributed by atoms with van der Waals surface area (Å²) in [5.41, 5.74) is 20.7. The van der Waals surface area contributed by atoms with Gasteiger partial charge in [0.15, 0.2) is 5.82 Å². The molecule has 2 aromatic heterocycles. The highest BCUT2D eigenvalue weighted by atomic mass is 32.1. The van der Waals surface area contributed by atoms with E-state index < -0.39 is 0 Å². The molecule has 2 fully saturated rings. The van der Waals surface area contributed by atoms with Crippen LogP contribution in [0.15, 0.2) is 158 Å². The maximum atomic E-state index is 5.28. The van der Waals surface area contributed by atoms with Crippen molar-refractivity contribution in [2.24, 2.45) is 0 Å². The number of fused-ring (bicyclic) bond motifs is 13. The van der Waals surface area contributed by atoms with Crippen molar-refractivity contribution < 1.29 is 0 Å². The fourth-order valence-electron chi connectivity index (χ4n) is 12.3. The first kappa shape index (κ1) is 35.6. The van der Waals surface area contributed by atoms with Crippen LogP contribution in [-0.2, 0) is 10.8 Å². The van der Waals surface area contributed by atoms with E-state index in [9.17, 15) is 0 Å². The zero-order valence-corrected chi connectivity index (χ0v) is 35.2. The summed E-state index contributed by atoms with van der Waals surface area (Å²) in [6, 6.07) is 59.4. The van der Waals surface area contributed by atoms with Crippen molar-refractivity contribution in [1.29, 1.82) is 0 Å². The summed E-state index contributed by atoms with van der Waals surface area (Å²) >= 11 is 1.75. The normalized spacial score (nSPS) is 16.8. The van der Waals surface area contributed by atoms with Crippen LogP contribution in [0.5, 0.6) is 0 Å². The first-order valence-corrected chi connectivity index (χ1v) is 23.4. The molecule has 2 heterocycles. The number of hydrogen-bond donors (Lipinski definition) is 0. The molecule has 3 heteroatoms. The van der Waals surface area contributed by atoms with Crippen molar-refractivity contribution >= 4 is 31.6 Å². The van der Waals surface area contributed by atoms with E-state index >= 15 is 0 Å². The highest BCUT2D eigenvalue weighted by molar-refractivity contribution is 7.25. The van der Waals surface area contributed by atoms with Gasteiger partial charge in [-0.3, -0.25) is 0 Å². The van der Waals surface area contributed by atoms with E-state index in [-0.39, 0.29) is 10.8 Å². The SMILES string of the molecule is c1ccc(-c2nc(-c3cccc(-c4ccc(-c5ccc6c(c5)C5(CCCCC5)c5cc7c(cc5-6)C5(CCCCC5)c5ccccc5-7)cc4)c3)nc3sc4ccccc4c23)cc1. The van der Waals surface area contributed by atoms with Gasteiger partial charge in [0.1, 0.15) is 4.83 Å². The van der Waals surface area contributed by atoms with Gasteiger partial charge in [0.05, 0.1) is 5.69 Å². The Bertz CT molecular complexity index is 3200. The third kappa shape index (κ3) is 5.32. The van der Waals surface area contributed by atoms with Crippen molar-refractivity contribution in [2.75, 3.05) is 0 Å². The molecule has 294 valence electrons. The van der Waals surface area contributed by atoms with Crippen LogP contribution < -0.4 is 0 Å². The second-order valence-corrected chi connectivity index (χ2v) is 19.3. The minimum absolute atomic E-state index is 0.0902. The Kier molecular flexibility index (Phi) is 7.98. The summed E-state index contributed by atoms with van der Waals surface area (Å²) in [5, 5.41) is 2.35. The quantitative estimate of drug-likeness (QED) is 0.177. The van der Waals surface area contributed by atoms with Crippen LogP contribution in [-0.4, -0.2) is 9.97 Å². The van der Waals surface area contributed by atoms with Crippen molar-refractivity contribution in [1.82, 2.24) is 9.97 Å². The van der Waals surface area contributed by atoms with Crippen molar-refractivity contribution in [3.05, 3.63) is 180 Å². The highest BCUT2D eigenvalue weighted by Gasteiger charge is 2.49. The number of nitrogens with zero attached hydrogens (tertiary/aromatic N) is 2. The van der Waals surface area contributed by atoms with Gasteiger partial charge in [0, 0.05) is 37.4 Å². The van der Waals surface area contributed by atoms with Gasteiger partial charge in [0.25, 0.3) is 0 Å². The Morgan fingerprint density at radius 1 is 0.377 bits per heavy atom. The molecule has 0 bridgehead atoms. The monoisotopic (exact) mass is 802 g/mol. The summed E-state index contributed by atoms with van der Waals surface area (Å²) in [4.78, 5) is 11.5. The van der Waals surface area contributed by atoms with Gasteiger partial charge in [0.2, 0.25) is 0 Å². The van der Waals surface area contributed by atoms with E-state index in [4.69, 9.17) is 9.97 Å². The van der Waals surface area contributed by atoms with E-state index in [1.165, 1.54) is 119 Å². The standard InChI is InChI=1S/C58H46N2S/c1-4-15-39(16-5-1)54-53-45-20-7-9-22-52(45)61-56(53)60-55(59-54)42-18-14-17-40(33-42)37-23-25-38(26-24-37)41-27-28-44-47-36-50-46(35-51(47)58(49(44)34-41)31-12-3-13-32-58)43-19-6-8-21-48(43)57(50)29-10-2-11-30-57/h1,4-9,14-28,33-36H,2-3,10-13,29-32H2. The summed E-state index contributed by atoms with van der Waals surface area (Å²) in [6.45, 7) is 0. The van der Waals surface area contributed by atoms with Crippen LogP contribution in [0.1, 0.15) is 86.5 Å². The molecule has 0 aliphatic heterocycles. The highest BCUT2D eigenvalue weighted by Crippen LogP contribution is 2.62. The second kappa shape index (κ2) is 13.7. The van der Waals surface area contributed by atoms with E-state index in [2.05, 4.69) is 158 Å². The van der Waals surface area contributed by atoms with Crippen LogP contribution in [0.25, 0.3) is 87.5 Å². The maximum Gasteiger partial charge on any atom is 0.161 e. The van der Waals surface area contributed by atoms with Crippen LogP contribution in [0, 0.1) is 0 Å². The molecule has 0 unspecified atom stereocenters. The van der Waals surface area contributed by atoms with E-state index in [0.29, 0.717) is 0 Å². The molecule has 4 aliphatic carbocycles. The first-order valence-electron chi connectivity index (χ1n) is 22.6. The molecule has 2 saturated carbocycles. The molecule has 2 nitrogen and oxygen atoms in total. The zero-order chi connectivity index (χ0) is 40.1. The predicted molar refractivity (Wildman–Crippen MR) is 255 cm³/mol. The molecule has 0 N–H and O–H groups in total. The van der Waals surface area contributed by atoms with Gasteiger partial charge in [-0.05, 0) is 123 Å². The van der Waals surface area contributed by atoms with E-state index in [1.54, 1.807) is 33.6 Å². The lowest BCUT2D eigenvalue weighted by atomic mass is 9.66. The molecule has 0 saturated heterocycles. The zero-order valence-electron chi connectivity index (χ0n) is 34.4. The Morgan fingerprint density at radius 3 is 1.67 bits per heavy atom. The molecule has 0 amide bonds. The lowest BCUT2D eigenvalue weighted by Gasteiger charge is -2.37. The van der Waals surface area contributed by atoms with Crippen LogP contribution >= 0.6 is 11.3 Å². The number of benzene rings is 7. The Hall–Kier alpha value is -6.16. The first-order chi connectivity index (χ1) is 30.2. The summed E-state index contributed by atoms with van der Waals surface area (Å²) < 4.78 is 1.24. The predicted octanol–water partition coefficient (Wildman–Crippen LogP) is 16.0. The molecular weight excluding hydrogens is 757 g/mol. The summed E-state index contributed by atoms with van der Waals surface area (Å²) in [5.74, 6) is 0.760. The largest absolute Gasteiger partial charge is 0.227 e. The van der Waals surface area contributed by atoms with Gasteiger partial charge < -0.3 is 0 Å². The number of hydrogen-bond acceptors (Lipinski definition) is 3. The van der Waals surface area contributed by atoms with Gasteiger partial charge in [-0.25, -0.2) is 9.97 Å². The van der Waals surface area contributed by atoms with Crippen molar-refractivity contribution in [3.8, 4) is 67.2 Å². The molecule has 9 aromatic rings. The smallest absolute Gasteiger partial charge is 0.161 e. The minimum atomic E-state index is 0.0902. The lowest BCUT2D eigenvalue weighted by Crippen LogP contribution is -2.29. The second-order valence-electron chi connectivity index (χ2n) is 18.2. The Morgan fingerprint density at radius 2 is 0.934 bits per heavy atom. The molecule has 2 spiro atoms. The van der Waals surface area contributed by atoms with Crippen LogP contribution in [0.4, 0.5) is 0 Å². The van der Waals surface area contributed by atoms with Crippen LogP contribution in [0.2, 0.25) is 0 Å². The van der Waals surface area contributed by atoms with Gasteiger partial charge in [-0.15, -0.1) is 11.3 Å². The fraction of sp³-hybridized carbons (Fsp3) is 0.207. The number of thiophene rings is 1. The average Bonchev–Trinajstić information content (AvgIpc) is 3.93. The van der Waals surface area contributed by atoms with Gasteiger partial charge >= 0.3 is 0 Å². The molecule has 0 radical (unpaired) electrons. The molecule has 0 atom stereocenters. The molecule has 4 aliphatic rings. The summed E-state index contributed by atoms with van der Waals surface area (Å²) in [6.07, 6.45) is 13.0. The fourth-order valence-corrected chi connectivity index (χ4v) is 13.3. The third-order valence-electron chi connectivity index (χ3n) is 15.1. The van der Waals surface area contributed by atoms with Gasteiger partial charge in [-0.1, -0.05) is 166 Å². The Labute approximate surface area is 362 Å². The molecular formula is C58H46N2S. The summed E-state index contributed by atoms with van der Waals surface area (Å²) in [7, 11) is 0. The lowest BCUT2D eigenvalue weighted by molar-refractivity contribution is 0.350. The average molecular weight is 803 g/mol. The number of rotatable bonds is 4. The number of aromatic nitrogens is 2. The molecule has 13 rings (SSSR count). The van der Waals surface area contributed by atoms with Gasteiger partial charge in [-0.2, -0.15) is 0 Å². The van der Waals surface area contributed by atoms with Crippen LogP contribution in [0.3, 0.4) is 0 Å². The molecule has 7 aromatic carbocycles. The third-order valence-corrected chi connectivity index (χ3v) is 16.2.